The maximum absolute atomic E-state index is 6.60. The third-order valence-electron chi connectivity index (χ3n) is 12.1. The molecule has 1 nitrogen and oxygen atoms in total. The predicted molar refractivity (Wildman–Crippen MR) is 219 cm³/mol. The molecule has 6 atom stereocenters. The number of allylic oxidation sites excluding steroid dienone is 11. The summed E-state index contributed by atoms with van der Waals surface area (Å²) in [6, 6.07) is 48.2. The normalized spacial score (nSPS) is 25.1. The molecule has 256 valence electrons. The maximum atomic E-state index is 6.60. The van der Waals surface area contributed by atoms with Gasteiger partial charge in [-0.15, -0.1) is 0 Å². The van der Waals surface area contributed by atoms with Crippen molar-refractivity contribution in [1.29, 1.82) is 0 Å². The van der Waals surface area contributed by atoms with Crippen LogP contribution in [0.4, 0.5) is 0 Å². The van der Waals surface area contributed by atoms with Gasteiger partial charge in [0.05, 0.1) is 0 Å². The fourth-order valence-electron chi connectivity index (χ4n) is 9.71. The standard InChI is InChI=1S/C52H42O/c1-3-15-35(16-4-1)36-27-29-37(30-28-36)41-20-9-12-24-45(41)51-46-25-13-14-26-47(46)52(50-34-40(31-32-48(50)51)53-39-18-5-2-6-19-39)49-33-38-17-7-8-21-42(38)43-22-10-11-23-44(43)49/h1-6,8-16,18-34,38,42-44,48,50H,7,17H2. The summed E-state index contributed by atoms with van der Waals surface area (Å²) in [6.07, 6.45) is 26.5. The van der Waals surface area contributed by atoms with Gasteiger partial charge in [-0.05, 0) is 110 Å². The SMILES string of the molecule is C1=CC2C(C3=c4ccccc4=C(c4ccccc4-c4ccc(-c5ccccc5)cc4)C4C=CC(Oc5ccccc5)=CC34)=CC3CCC=CC3C2C=C1. The summed E-state index contributed by atoms with van der Waals surface area (Å²) in [7, 11) is 0. The second kappa shape index (κ2) is 13.6. The molecule has 0 saturated carbocycles. The van der Waals surface area contributed by atoms with Crippen molar-refractivity contribution in [2.24, 2.45) is 35.5 Å². The Labute approximate surface area is 312 Å². The van der Waals surface area contributed by atoms with Crippen LogP contribution in [0.15, 0.2) is 206 Å². The Bertz CT molecular complexity index is 2490. The third-order valence-corrected chi connectivity index (χ3v) is 12.1. The summed E-state index contributed by atoms with van der Waals surface area (Å²) < 4.78 is 6.60. The molecule has 5 aromatic carbocycles. The van der Waals surface area contributed by atoms with Crippen molar-refractivity contribution in [3.05, 3.63) is 222 Å². The molecule has 1 heteroatoms. The largest absolute Gasteiger partial charge is 0.458 e. The van der Waals surface area contributed by atoms with Crippen LogP contribution >= 0.6 is 0 Å². The lowest BCUT2D eigenvalue weighted by molar-refractivity contribution is 0.284. The van der Waals surface area contributed by atoms with Gasteiger partial charge in [-0.3, -0.25) is 0 Å². The summed E-state index contributed by atoms with van der Waals surface area (Å²) in [6.45, 7) is 0. The van der Waals surface area contributed by atoms with E-state index in [-0.39, 0.29) is 11.8 Å². The Morgan fingerprint density at radius 1 is 0.472 bits per heavy atom. The molecule has 0 heterocycles. The monoisotopic (exact) mass is 682 g/mol. The van der Waals surface area contributed by atoms with Crippen molar-refractivity contribution in [2.75, 3.05) is 0 Å². The summed E-state index contributed by atoms with van der Waals surface area (Å²) >= 11 is 0. The van der Waals surface area contributed by atoms with Gasteiger partial charge in [0.15, 0.2) is 0 Å². The molecule has 5 aliphatic carbocycles. The Kier molecular flexibility index (Phi) is 8.14. The van der Waals surface area contributed by atoms with Gasteiger partial charge >= 0.3 is 0 Å². The van der Waals surface area contributed by atoms with Crippen molar-refractivity contribution < 1.29 is 4.74 Å². The van der Waals surface area contributed by atoms with Gasteiger partial charge in [0.2, 0.25) is 0 Å². The second-order valence-electron chi connectivity index (χ2n) is 15.0. The van der Waals surface area contributed by atoms with Gasteiger partial charge in [0.1, 0.15) is 11.5 Å². The van der Waals surface area contributed by atoms with E-state index in [2.05, 4.69) is 164 Å². The van der Waals surface area contributed by atoms with Crippen LogP contribution in [0.1, 0.15) is 18.4 Å². The minimum Gasteiger partial charge on any atom is -0.458 e. The van der Waals surface area contributed by atoms with Gasteiger partial charge in [0.25, 0.3) is 0 Å². The zero-order chi connectivity index (χ0) is 35.1. The van der Waals surface area contributed by atoms with Crippen LogP contribution in [0, 0.1) is 35.5 Å². The van der Waals surface area contributed by atoms with Gasteiger partial charge in [-0.2, -0.15) is 0 Å². The molecular formula is C52H42O. The first kappa shape index (κ1) is 31.8. The van der Waals surface area contributed by atoms with E-state index in [0.717, 1.165) is 17.9 Å². The minimum absolute atomic E-state index is 0.110. The van der Waals surface area contributed by atoms with Gasteiger partial charge in [-0.25, -0.2) is 0 Å². The Morgan fingerprint density at radius 2 is 1.13 bits per heavy atom. The van der Waals surface area contributed by atoms with Crippen LogP contribution in [0.2, 0.25) is 0 Å². The highest BCUT2D eigenvalue weighted by Gasteiger charge is 2.43. The number of ether oxygens (including phenoxy) is 1. The molecule has 6 unspecified atom stereocenters. The van der Waals surface area contributed by atoms with Crippen LogP contribution in [0.5, 0.6) is 5.75 Å². The number of para-hydroxylation sites is 1. The van der Waals surface area contributed by atoms with E-state index in [1.807, 2.05) is 30.3 Å². The van der Waals surface area contributed by atoms with Crippen LogP contribution < -0.4 is 15.2 Å². The molecule has 10 rings (SSSR count). The summed E-state index contributed by atoms with van der Waals surface area (Å²) in [5, 5.41) is 2.68. The molecule has 0 amide bonds. The minimum atomic E-state index is 0.110. The zero-order valence-corrected chi connectivity index (χ0v) is 29.8. The molecule has 0 aromatic heterocycles. The lowest BCUT2D eigenvalue weighted by Gasteiger charge is -2.45. The fourth-order valence-corrected chi connectivity index (χ4v) is 9.71. The number of hydrogen-bond acceptors (Lipinski definition) is 1. The topological polar surface area (TPSA) is 9.23 Å². The molecule has 5 aromatic rings. The first-order valence-corrected chi connectivity index (χ1v) is 19.3. The number of fused-ring (bicyclic) bond motifs is 5. The third kappa shape index (κ3) is 5.72. The predicted octanol–water partition coefficient (Wildman–Crippen LogP) is 11.0. The van der Waals surface area contributed by atoms with Crippen LogP contribution in [-0.4, -0.2) is 0 Å². The molecule has 53 heavy (non-hydrogen) atoms. The highest BCUT2D eigenvalue weighted by molar-refractivity contribution is 5.88. The summed E-state index contributed by atoms with van der Waals surface area (Å²) in [5.74, 6) is 3.91. The van der Waals surface area contributed by atoms with E-state index in [1.165, 1.54) is 61.4 Å². The van der Waals surface area contributed by atoms with Crippen molar-refractivity contribution in [1.82, 2.24) is 0 Å². The highest BCUT2D eigenvalue weighted by Crippen LogP contribution is 2.52. The molecule has 0 spiro atoms. The molecule has 0 saturated heterocycles. The van der Waals surface area contributed by atoms with Crippen LogP contribution in [0.3, 0.4) is 0 Å². The van der Waals surface area contributed by atoms with Crippen molar-refractivity contribution >= 4 is 11.1 Å². The van der Waals surface area contributed by atoms with E-state index >= 15 is 0 Å². The average Bonchev–Trinajstić information content (AvgIpc) is 3.23. The van der Waals surface area contributed by atoms with Crippen LogP contribution in [-0.2, 0) is 0 Å². The lowest BCUT2D eigenvalue weighted by Crippen LogP contribution is -2.43. The second-order valence-corrected chi connectivity index (χ2v) is 15.0. The van der Waals surface area contributed by atoms with E-state index in [4.69, 9.17) is 4.74 Å². The van der Waals surface area contributed by atoms with Gasteiger partial charge < -0.3 is 4.74 Å². The smallest absolute Gasteiger partial charge is 0.127 e. The number of benzene rings is 5. The quantitative estimate of drug-likeness (QED) is 0.162. The average molecular weight is 683 g/mol. The number of rotatable bonds is 6. The van der Waals surface area contributed by atoms with Crippen molar-refractivity contribution in [3.8, 4) is 28.0 Å². The Balaban J connectivity index is 1.19. The van der Waals surface area contributed by atoms with E-state index in [0.29, 0.717) is 23.7 Å². The maximum Gasteiger partial charge on any atom is 0.127 e. The first-order valence-electron chi connectivity index (χ1n) is 19.3. The Morgan fingerprint density at radius 3 is 1.94 bits per heavy atom. The van der Waals surface area contributed by atoms with Crippen molar-refractivity contribution in [2.45, 2.75) is 12.8 Å². The van der Waals surface area contributed by atoms with Crippen molar-refractivity contribution in [3.63, 3.8) is 0 Å². The fraction of sp³-hybridized carbons (Fsp3) is 0.154. The Hall–Kier alpha value is -5.92. The molecule has 0 fully saturated rings. The lowest BCUT2D eigenvalue weighted by atomic mass is 9.59. The van der Waals surface area contributed by atoms with Crippen LogP contribution in [0.25, 0.3) is 33.4 Å². The first-order chi connectivity index (χ1) is 26.3. The highest BCUT2D eigenvalue weighted by atomic mass is 16.5. The molecule has 0 radical (unpaired) electrons. The van der Waals surface area contributed by atoms with E-state index in [1.54, 1.807) is 0 Å². The van der Waals surface area contributed by atoms with E-state index in [9.17, 15) is 0 Å². The number of hydrogen-bond donors (Lipinski definition) is 0. The zero-order valence-electron chi connectivity index (χ0n) is 29.8. The van der Waals surface area contributed by atoms with E-state index < -0.39 is 0 Å². The summed E-state index contributed by atoms with van der Waals surface area (Å²) in [5.41, 5.74) is 10.6. The molecular weight excluding hydrogens is 641 g/mol. The van der Waals surface area contributed by atoms with Gasteiger partial charge in [-0.1, -0.05) is 170 Å². The summed E-state index contributed by atoms with van der Waals surface area (Å²) in [4.78, 5) is 0. The molecule has 0 bridgehead atoms. The molecule has 5 aliphatic rings. The van der Waals surface area contributed by atoms with Gasteiger partial charge in [0, 0.05) is 17.8 Å². The molecule has 0 aliphatic heterocycles. The molecule has 0 N–H and O–H groups in total.